The summed E-state index contributed by atoms with van der Waals surface area (Å²) in [5, 5.41) is 3.38. The first-order valence-corrected chi connectivity index (χ1v) is 7.78. The predicted molar refractivity (Wildman–Crippen MR) is 72.4 cm³/mol. The summed E-state index contributed by atoms with van der Waals surface area (Å²) in [6.45, 7) is 4.06. The van der Waals surface area contributed by atoms with Gasteiger partial charge in [0.05, 0.1) is 11.8 Å². The molecule has 106 valence electrons. The molecule has 0 bridgehead atoms. The maximum atomic E-state index is 12.5. The molecule has 2 aliphatic heterocycles. The van der Waals surface area contributed by atoms with E-state index in [0.29, 0.717) is 5.92 Å². The van der Waals surface area contributed by atoms with Crippen LogP contribution in [0.5, 0.6) is 0 Å². The van der Waals surface area contributed by atoms with Crippen molar-refractivity contribution in [3.8, 4) is 0 Å². The van der Waals surface area contributed by atoms with Crippen molar-refractivity contribution in [3.05, 3.63) is 0 Å². The van der Waals surface area contributed by atoms with Gasteiger partial charge < -0.3 is 5.32 Å². The molecule has 1 N–H and O–H groups in total. The van der Waals surface area contributed by atoms with Crippen molar-refractivity contribution < 1.29 is 9.59 Å². The molecule has 4 atom stereocenters. The van der Waals surface area contributed by atoms with Crippen LogP contribution in [0.4, 0.5) is 0 Å². The Morgan fingerprint density at radius 1 is 1.05 bits per heavy atom. The van der Waals surface area contributed by atoms with Crippen molar-refractivity contribution in [2.45, 2.75) is 51.5 Å². The first-order chi connectivity index (χ1) is 9.20. The van der Waals surface area contributed by atoms with Gasteiger partial charge in [-0.05, 0) is 51.6 Å². The van der Waals surface area contributed by atoms with Crippen LogP contribution in [0.1, 0.15) is 45.4 Å². The van der Waals surface area contributed by atoms with Gasteiger partial charge in [0.2, 0.25) is 11.8 Å². The second kappa shape index (κ2) is 5.23. The van der Waals surface area contributed by atoms with Crippen molar-refractivity contribution in [1.82, 2.24) is 10.2 Å². The van der Waals surface area contributed by atoms with Crippen LogP contribution in [0, 0.1) is 17.8 Å². The zero-order valence-electron chi connectivity index (χ0n) is 11.7. The largest absolute Gasteiger partial charge is 0.316 e. The number of likely N-dealkylation sites (tertiary alicyclic amines) is 1. The summed E-state index contributed by atoms with van der Waals surface area (Å²) in [4.78, 5) is 26.7. The number of fused-ring (bicyclic) bond motifs is 1. The Balaban J connectivity index is 1.76. The standard InChI is InChI=1S/C15H24N2O2/c1-10(11-5-4-8-16-9-11)17-14(18)12-6-2-3-7-13(12)15(17)19/h10-13,16H,2-9H2,1H3. The highest BCUT2D eigenvalue weighted by molar-refractivity contribution is 6.05. The summed E-state index contributed by atoms with van der Waals surface area (Å²) in [7, 11) is 0. The average molecular weight is 264 g/mol. The van der Waals surface area contributed by atoms with Crippen molar-refractivity contribution >= 4 is 11.8 Å². The van der Waals surface area contributed by atoms with E-state index in [2.05, 4.69) is 12.2 Å². The molecule has 0 aromatic carbocycles. The van der Waals surface area contributed by atoms with Gasteiger partial charge in [-0.15, -0.1) is 0 Å². The van der Waals surface area contributed by atoms with Crippen LogP contribution in [0.25, 0.3) is 0 Å². The van der Waals surface area contributed by atoms with Gasteiger partial charge in [-0.25, -0.2) is 0 Å². The van der Waals surface area contributed by atoms with E-state index >= 15 is 0 Å². The molecule has 3 rings (SSSR count). The predicted octanol–water partition coefficient (Wildman–Crippen LogP) is 1.55. The number of hydrogen-bond acceptors (Lipinski definition) is 3. The SMILES string of the molecule is CC(C1CCCNC1)N1C(=O)C2CCCCC2C1=O. The minimum Gasteiger partial charge on any atom is -0.316 e. The van der Waals surface area contributed by atoms with Crippen LogP contribution in [0.2, 0.25) is 0 Å². The summed E-state index contributed by atoms with van der Waals surface area (Å²) in [5.41, 5.74) is 0. The zero-order valence-corrected chi connectivity index (χ0v) is 11.7. The second-order valence-corrected chi connectivity index (χ2v) is 6.39. The van der Waals surface area contributed by atoms with Gasteiger partial charge in [0.25, 0.3) is 0 Å². The lowest BCUT2D eigenvalue weighted by atomic mass is 9.81. The van der Waals surface area contributed by atoms with Gasteiger partial charge in [-0.2, -0.15) is 0 Å². The van der Waals surface area contributed by atoms with E-state index in [4.69, 9.17) is 0 Å². The maximum absolute atomic E-state index is 12.5. The number of rotatable bonds is 2. The number of carbonyl (C=O) groups excluding carboxylic acids is 2. The Labute approximate surface area is 114 Å². The van der Waals surface area contributed by atoms with Crippen molar-refractivity contribution in [1.29, 1.82) is 0 Å². The highest BCUT2D eigenvalue weighted by atomic mass is 16.2. The van der Waals surface area contributed by atoms with Gasteiger partial charge in [-0.3, -0.25) is 14.5 Å². The number of nitrogens with zero attached hydrogens (tertiary/aromatic N) is 1. The summed E-state index contributed by atoms with van der Waals surface area (Å²) in [6.07, 6.45) is 6.32. The van der Waals surface area contributed by atoms with Crippen molar-refractivity contribution in [2.75, 3.05) is 13.1 Å². The topological polar surface area (TPSA) is 49.4 Å². The normalized spacial score (nSPS) is 37.3. The number of imide groups is 1. The smallest absolute Gasteiger partial charge is 0.233 e. The molecule has 3 aliphatic rings. The molecule has 4 heteroatoms. The molecule has 0 spiro atoms. The maximum Gasteiger partial charge on any atom is 0.233 e. The molecule has 0 aromatic rings. The van der Waals surface area contributed by atoms with Gasteiger partial charge in [-0.1, -0.05) is 12.8 Å². The van der Waals surface area contributed by atoms with Gasteiger partial charge in [0.15, 0.2) is 0 Å². The van der Waals surface area contributed by atoms with Crippen LogP contribution in [0.3, 0.4) is 0 Å². The molecular weight excluding hydrogens is 240 g/mol. The summed E-state index contributed by atoms with van der Waals surface area (Å²) in [6, 6.07) is 0.0680. The van der Waals surface area contributed by atoms with Crippen LogP contribution < -0.4 is 5.32 Å². The second-order valence-electron chi connectivity index (χ2n) is 6.39. The summed E-state index contributed by atoms with van der Waals surface area (Å²) in [5.74, 6) is 0.669. The molecule has 1 aliphatic carbocycles. The van der Waals surface area contributed by atoms with E-state index < -0.39 is 0 Å². The lowest BCUT2D eigenvalue weighted by Crippen LogP contribution is -2.47. The lowest BCUT2D eigenvalue weighted by molar-refractivity contribution is -0.143. The third kappa shape index (κ3) is 2.20. The number of hydrogen-bond donors (Lipinski definition) is 1. The van der Waals surface area contributed by atoms with E-state index in [1.807, 2.05) is 0 Å². The fourth-order valence-electron chi connectivity index (χ4n) is 4.09. The Kier molecular flexibility index (Phi) is 3.61. The number of amides is 2. The van der Waals surface area contributed by atoms with Crippen LogP contribution in [-0.4, -0.2) is 35.8 Å². The van der Waals surface area contributed by atoms with E-state index in [0.717, 1.165) is 51.6 Å². The van der Waals surface area contributed by atoms with Gasteiger partial charge >= 0.3 is 0 Å². The zero-order chi connectivity index (χ0) is 13.4. The minimum atomic E-state index is 0.000231. The van der Waals surface area contributed by atoms with Crippen molar-refractivity contribution in [3.63, 3.8) is 0 Å². The fourth-order valence-corrected chi connectivity index (χ4v) is 4.09. The Bertz CT molecular complexity index is 352. The number of carbonyl (C=O) groups is 2. The molecule has 19 heavy (non-hydrogen) atoms. The highest BCUT2D eigenvalue weighted by Crippen LogP contribution is 2.40. The molecule has 4 nitrogen and oxygen atoms in total. The van der Waals surface area contributed by atoms with Gasteiger partial charge in [0.1, 0.15) is 0 Å². The number of piperidine rings is 1. The van der Waals surface area contributed by atoms with Gasteiger partial charge in [0, 0.05) is 6.04 Å². The third-order valence-electron chi connectivity index (χ3n) is 5.30. The van der Waals surface area contributed by atoms with E-state index in [-0.39, 0.29) is 29.7 Å². The van der Waals surface area contributed by atoms with Crippen LogP contribution >= 0.6 is 0 Å². The summed E-state index contributed by atoms with van der Waals surface area (Å²) < 4.78 is 0. The van der Waals surface area contributed by atoms with E-state index in [1.165, 1.54) is 0 Å². The lowest BCUT2D eigenvalue weighted by Gasteiger charge is -2.33. The Morgan fingerprint density at radius 2 is 1.68 bits per heavy atom. The number of nitrogens with one attached hydrogen (secondary N) is 1. The van der Waals surface area contributed by atoms with E-state index in [9.17, 15) is 9.59 Å². The monoisotopic (exact) mass is 264 g/mol. The molecule has 4 unspecified atom stereocenters. The molecule has 2 saturated heterocycles. The first kappa shape index (κ1) is 13.1. The first-order valence-electron chi connectivity index (χ1n) is 7.78. The molecule has 2 amide bonds. The molecule has 1 saturated carbocycles. The van der Waals surface area contributed by atoms with Crippen LogP contribution in [0.15, 0.2) is 0 Å². The molecule has 2 heterocycles. The van der Waals surface area contributed by atoms with E-state index in [1.54, 1.807) is 4.90 Å². The molecule has 0 radical (unpaired) electrons. The fraction of sp³-hybridized carbons (Fsp3) is 0.867. The van der Waals surface area contributed by atoms with Crippen LogP contribution in [-0.2, 0) is 9.59 Å². The average Bonchev–Trinajstić information content (AvgIpc) is 2.72. The molecule has 0 aromatic heterocycles. The summed E-state index contributed by atoms with van der Waals surface area (Å²) >= 11 is 0. The Morgan fingerprint density at radius 3 is 2.21 bits per heavy atom. The van der Waals surface area contributed by atoms with Crippen molar-refractivity contribution in [2.24, 2.45) is 17.8 Å². The highest BCUT2D eigenvalue weighted by Gasteiger charge is 2.50. The molecule has 3 fully saturated rings. The third-order valence-corrected chi connectivity index (χ3v) is 5.30. The quantitative estimate of drug-likeness (QED) is 0.770. The Hall–Kier alpha value is -0.900. The minimum absolute atomic E-state index is 0.000231. The molecular formula is C15H24N2O2.